The van der Waals surface area contributed by atoms with Crippen molar-refractivity contribution in [2.75, 3.05) is 0 Å². The van der Waals surface area contributed by atoms with Gasteiger partial charge in [-0.1, -0.05) is 0 Å². The second-order valence-corrected chi connectivity index (χ2v) is 5.48. The van der Waals surface area contributed by atoms with Crippen LogP contribution >= 0.6 is 0 Å². The van der Waals surface area contributed by atoms with Crippen molar-refractivity contribution in [1.82, 2.24) is 0 Å². The van der Waals surface area contributed by atoms with E-state index in [1.54, 1.807) is 0 Å². The summed E-state index contributed by atoms with van der Waals surface area (Å²) in [5.74, 6) is 0.0612. The Bertz CT molecular complexity index is 183. The van der Waals surface area contributed by atoms with Gasteiger partial charge in [0.25, 0.3) is 0 Å². The zero-order valence-corrected chi connectivity index (χ0v) is 14.1. The molecule has 0 atom stereocenters. The number of hydrogen-bond acceptors (Lipinski definition) is 2. The number of carbonyl (C=O) groups is 1. The quantitative estimate of drug-likeness (QED) is 0.591. The molecule has 0 rings (SSSR count). The van der Waals surface area contributed by atoms with Crippen LogP contribution in [0.2, 0.25) is 0 Å². The molecule has 0 radical (unpaired) electrons. The summed E-state index contributed by atoms with van der Waals surface area (Å²) in [6.07, 6.45) is 9.92. The fraction of sp³-hybridized carbons (Fsp3) is 0.929. The first-order valence-corrected chi connectivity index (χ1v) is 8.05. The van der Waals surface area contributed by atoms with Crippen molar-refractivity contribution in [1.29, 1.82) is 0 Å². The Hall–Kier alpha value is 0.353. The van der Waals surface area contributed by atoms with Gasteiger partial charge < -0.3 is 0 Å². The normalized spacial score (nSPS) is 11.4. The SMILES string of the molecule is CCCCC(CCCC)(CCCC)C(=O)[O][Zr]. The van der Waals surface area contributed by atoms with Gasteiger partial charge in [-0.05, 0) is 0 Å². The molecule has 0 saturated heterocycles. The fourth-order valence-corrected chi connectivity index (χ4v) is 2.87. The minimum absolute atomic E-state index is 0.0612. The molecule has 3 heteroatoms. The predicted molar refractivity (Wildman–Crippen MR) is 67.1 cm³/mol. The van der Waals surface area contributed by atoms with Gasteiger partial charge in [-0.15, -0.1) is 0 Å². The van der Waals surface area contributed by atoms with Crippen molar-refractivity contribution in [2.45, 2.75) is 78.6 Å². The number of carbonyl (C=O) groups excluding carboxylic acids is 1. The van der Waals surface area contributed by atoms with Crippen LogP contribution < -0.4 is 0 Å². The van der Waals surface area contributed by atoms with Gasteiger partial charge in [0.15, 0.2) is 0 Å². The van der Waals surface area contributed by atoms with Crippen LogP contribution in [0.5, 0.6) is 0 Å². The number of hydrogen-bond donors (Lipinski definition) is 0. The molecule has 0 aromatic heterocycles. The molecule has 0 N–H and O–H groups in total. The third-order valence-corrected chi connectivity index (χ3v) is 4.01. The molecule has 0 aliphatic carbocycles. The second-order valence-electron chi connectivity index (χ2n) is 4.98. The van der Waals surface area contributed by atoms with Crippen LogP contribution in [-0.2, 0) is 32.8 Å². The van der Waals surface area contributed by atoms with E-state index >= 15 is 0 Å². The van der Waals surface area contributed by atoms with Crippen molar-refractivity contribution in [2.24, 2.45) is 5.41 Å². The first-order valence-electron chi connectivity index (χ1n) is 7.04. The molecule has 0 bridgehead atoms. The topological polar surface area (TPSA) is 26.3 Å². The third-order valence-electron chi connectivity index (χ3n) is 3.55. The van der Waals surface area contributed by atoms with Gasteiger partial charge >= 0.3 is 123 Å². The third kappa shape index (κ3) is 6.18. The van der Waals surface area contributed by atoms with E-state index in [1.807, 2.05) is 0 Å². The van der Waals surface area contributed by atoms with E-state index in [9.17, 15) is 4.79 Å². The molecule has 0 unspecified atom stereocenters. The van der Waals surface area contributed by atoms with E-state index in [2.05, 4.69) is 20.8 Å². The zero-order valence-electron chi connectivity index (χ0n) is 11.7. The Morgan fingerprint density at radius 2 is 1.29 bits per heavy atom. The summed E-state index contributed by atoms with van der Waals surface area (Å²) in [5, 5.41) is 0. The molecule has 0 saturated carbocycles. The van der Waals surface area contributed by atoms with E-state index in [0.29, 0.717) is 0 Å². The summed E-state index contributed by atoms with van der Waals surface area (Å²) in [7, 11) is 0. The van der Waals surface area contributed by atoms with E-state index in [0.717, 1.165) is 82.9 Å². The van der Waals surface area contributed by atoms with Gasteiger partial charge in [-0.25, -0.2) is 0 Å². The van der Waals surface area contributed by atoms with Crippen LogP contribution in [0.15, 0.2) is 0 Å². The van der Waals surface area contributed by atoms with Crippen LogP contribution in [0.1, 0.15) is 78.6 Å². The first kappa shape index (κ1) is 17.4. The summed E-state index contributed by atoms with van der Waals surface area (Å²) in [6.45, 7) is 6.56. The minimum atomic E-state index is -0.175. The van der Waals surface area contributed by atoms with Gasteiger partial charge in [0.1, 0.15) is 0 Å². The van der Waals surface area contributed by atoms with Gasteiger partial charge in [-0.2, -0.15) is 0 Å². The van der Waals surface area contributed by atoms with Gasteiger partial charge in [-0.3, -0.25) is 0 Å². The van der Waals surface area contributed by atoms with Crippen molar-refractivity contribution in [3.8, 4) is 0 Å². The first-order chi connectivity index (χ1) is 8.16. The summed E-state index contributed by atoms with van der Waals surface area (Å²) in [6, 6.07) is 0. The second kappa shape index (κ2) is 10.3. The molecular formula is C14H27O2Zr. The molecule has 0 aliphatic rings. The van der Waals surface area contributed by atoms with E-state index in [1.165, 1.54) is 0 Å². The van der Waals surface area contributed by atoms with E-state index in [-0.39, 0.29) is 11.4 Å². The predicted octanol–water partition coefficient (Wildman–Crippen LogP) is 4.55. The average Bonchev–Trinajstić information content (AvgIpc) is 2.37. The van der Waals surface area contributed by atoms with Crippen molar-refractivity contribution < 1.29 is 32.8 Å². The van der Waals surface area contributed by atoms with Gasteiger partial charge in [0.2, 0.25) is 0 Å². The maximum atomic E-state index is 12.2. The van der Waals surface area contributed by atoms with Gasteiger partial charge in [0, 0.05) is 0 Å². The van der Waals surface area contributed by atoms with Crippen LogP contribution in [0.25, 0.3) is 0 Å². The van der Waals surface area contributed by atoms with E-state index < -0.39 is 0 Å². The molecule has 17 heavy (non-hydrogen) atoms. The number of rotatable bonds is 10. The molecule has 0 spiro atoms. The number of unbranched alkanes of at least 4 members (excludes halogenated alkanes) is 3. The van der Waals surface area contributed by atoms with Crippen molar-refractivity contribution >= 4 is 5.97 Å². The summed E-state index contributed by atoms with van der Waals surface area (Å²) in [4.78, 5) is 12.2. The summed E-state index contributed by atoms with van der Waals surface area (Å²) >= 11 is 0.882. The molecule has 0 aliphatic heterocycles. The Morgan fingerprint density at radius 3 is 1.53 bits per heavy atom. The molecule has 2 nitrogen and oxygen atoms in total. The molecule has 0 aromatic rings. The standard InChI is InChI=1S/C14H28O2.Zr/c1-4-7-10-14(13(15)16,11-8-5-2)12-9-6-3;/h4-12H2,1-3H3,(H,15,16);/q;+1/p-1. The monoisotopic (exact) mass is 317 g/mol. The molecule has 99 valence electrons. The fourth-order valence-electron chi connectivity index (χ4n) is 2.33. The molecule has 0 fully saturated rings. The Labute approximate surface area is 122 Å². The van der Waals surface area contributed by atoms with Crippen molar-refractivity contribution in [3.63, 3.8) is 0 Å². The zero-order chi connectivity index (χ0) is 13.1. The molecule has 0 aromatic carbocycles. The maximum absolute atomic E-state index is 12.2. The molecular weight excluding hydrogens is 291 g/mol. The summed E-state index contributed by atoms with van der Waals surface area (Å²) < 4.78 is 5.16. The molecule has 0 amide bonds. The Morgan fingerprint density at radius 1 is 0.941 bits per heavy atom. The Balaban J connectivity index is 4.70. The van der Waals surface area contributed by atoms with E-state index in [4.69, 9.17) is 2.81 Å². The average molecular weight is 319 g/mol. The Kier molecular flexibility index (Phi) is 10.5. The van der Waals surface area contributed by atoms with Crippen molar-refractivity contribution in [3.05, 3.63) is 0 Å². The molecule has 0 heterocycles. The van der Waals surface area contributed by atoms with Crippen LogP contribution in [-0.4, -0.2) is 5.97 Å². The van der Waals surface area contributed by atoms with Crippen LogP contribution in [0, 0.1) is 5.41 Å². The van der Waals surface area contributed by atoms with Crippen LogP contribution in [0.3, 0.4) is 0 Å². The van der Waals surface area contributed by atoms with Crippen LogP contribution in [0.4, 0.5) is 0 Å². The van der Waals surface area contributed by atoms with Gasteiger partial charge in [0.05, 0.1) is 0 Å². The summed E-state index contributed by atoms with van der Waals surface area (Å²) in [5.41, 5.74) is -0.175.